The number of nitrogens with zero attached hydrogens (tertiary/aromatic N) is 2. The van der Waals surface area contributed by atoms with Crippen molar-refractivity contribution < 1.29 is 14.3 Å². The summed E-state index contributed by atoms with van der Waals surface area (Å²) in [5, 5.41) is 1.07. The standard InChI is InChI=1S/C22H23N3O3/c26-16-17-1-3-18(4-2-17)22(27)25(10-9-24-11-13-28-14-12-24)20-5-6-21-19(15-20)7-8-23-21/h1-8,15-16,23H,9-14H2. The molecule has 2 heterocycles. The average Bonchev–Trinajstić information content (AvgIpc) is 3.22. The molecule has 4 rings (SSSR count). The lowest BCUT2D eigenvalue weighted by Crippen LogP contribution is -2.43. The lowest BCUT2D eigenvalue weighted by Gasteiger charge is -2.30. The molecule has 0 atom stereocenters. The normalized spacial score (nSPS) is 14.9. The molecule has 0 unspecified atom stereocenters. The topological polar surface area (TPSA) is 65.6 Å². The third-order valence-electron chi connectivity index (χ3n) is 5.13. The van der Waals surface area contributed by atoms with Crippen molar-refractivity contribution >= 4 is 28.8 Å². The third-order valence-corrected chi connectivity index (χ3v) is 5.13. The lowest BCUT2D eigenvalue weighted by atomic mass is 10.1. The van der Waals surface area contributed by atoms with Gasteiger partial charge in [0.2, 0.25) is 0 Å². The molecule has 0 saturated carbocycles. The van der Waals surface area contributed by atoms with E-state index in [2.05, 4.69) is 9.88 Å². The van der Waals surface area contributed by atoms with Crippen LogP contribution < -0.4 is 4.90 Å². The van der Waals surface area contributed by atoms with E-state index in [1.807, 2.05) is 35.4 Å². The highest BCUT2D eigenvalue weighted by atomic mass is 16.5. The maximum Gasteiger partial charge on any atom is 0.258 e. The fraction of sp³-hybridized carbons (Fsp3) is 0.273. The minimum Gasteiger partial charge on any atom is -0.379 e. The number of ether oxygens (including phenoxy) is 1. The van der Waals surface area contributed by atoms with Gasteiger partial charge in [0.15, 0.2) is 0 Å². The first-order chi connectivity index (χ1) is 13.7. The van der Waals surface area contributed by atoms with Crippen LogP contribution in [0.5, 0.6) is 0 Å². The molecule has 1 aromatic heterocycles. The van der Waals surface area contributed by atoms with E-state index in [0.717, 1.165) is 55.7 Å². The van der Waals surface area contributed by atoms with E-state index < -0.39 is 0 Å². The molecule has 144 valence electrons. The van der Waals surface area contributed by atoms with E-state index >= 15 is 0 Å². The number of carbonyl (C=O) groups excluding carboxylic acids is 2. The summed E-state index contributed by atoms with van der Waals surface area (Å²) in [5.74, 6) is -0.0689. The number of anilines is 1. The molecule has 0 bridgehead atoms. The van der Waals surface area contributed by atoms with Crippen molar-refractivity contribution in [3.05, 3.63) is 65.9 Å². The van der Waals surface area contributed by atoms with Gasteiger partial charge in [0.25, 0.3) is 5.91 Å². The van der Waals surface area contributed by atoms with Crippen molar-refractivity contribution in [2.24, 2.45) is 0 Å². The molecule has 1 aliphatic heterocycles. The predicted molar refractivity (Wildman–Crippen MR) is 109 cm³/mol. The van der Waals surface area contributed by atoms with Crippen LogP contribution in [0.3, 0.4) is 0 Å². The number of aldehydes is 1. The van der Waals surface area contributed by atoms with Crippen LogP contribution in [-0.2, 0) is 4.74 Å². The van der Waals surface area contributed by atoms with Crippen LogP contribution >= 0.6 is 0 Å². The number of nitrogens with one attached hydrogen (secondary N) is 1. The predicted octanol–water partition coefficient (Wildman–Crippen LogP) is 2.96. The minimum absolute atomic E-state index is 0.0689. The second-order valence-corrected chi connectivity index (χ2v) is 6.90. The van der Waals surface area contributed by atoms with E-state index in [-0.39, 0.29) is 5.91 Å². The maximum atomic E-state index is 13.3. The minimum atomic E-state index is -0.0689. The van der Waals surface area contributed by atoms with Crippen molar-refractivity contribution in [2.45, 2.75) is 0 Å². The Balaban J connectivity index is 1.60. The Morgan fingerprint density at radius 1 is 1.11 bits per heavy atom. The fourth-order valence-electron chi connectivity index (χ4n) is 3.48. The molecule has 2 aromatic carbocycles. The second kappa shape index (κ2) is 8.37. The van der Waals surface area contributed by atoms with E-state index in [0.29, 0.717) is 17.7 Å². The first-order valence-electron chi connectivity index (χ1n) is 9.49. The highest BCUT2D eigenvalue weighted by Gasteiger charge is 2.20. The van der Waals surface area contributed by atoms with Crippen molar-refractivity contribution in [1.82, 2.24) is 9.88 Å². The summed E-state index contributed by atoms with van der Waals surface area (Å²) in [4.78, 5) is 31.5. The van der Waals surface area contributed by atoms with Gasteiger partial charge < -0.3 is 14.6 Å². The van der Waals surface area contributed by atoms with Gasteiger partial charge in [0.05, 0.1) is 13.2 Å². The Morgan fingerprint density at radius 2 is 1.89 bits per heavy atom. The highest BCUT2D eigenvalue weighted by Crippen LogP contribution is 2.23. The Morgan fingerprint density at radius 3 is 2.64 bits per heavy atom. The van der Waals surface area contributed by atoms with Gasteiger partial charge >= 0.3 is 0 Å². The number of H-pyrrole nitrogens is 1. The van der Waals surface area contributed by atoms with Crippen LogP contribution in [0, 0.1) is 0 Å². The second-order valence-electron chi connectivity index (χ2n) is 6.90. The zero-order chi connectivity index (χ0) is 19.3. The Hall–Kier alpha value is -2.96. The van der Waals surface area contributed by atoms with Gasteiger partial charge in [-0.15, -0.1) is 0 Å². The molecule has 1 fully saturated rings. The van der Waals surface area contributed by atoms with Gasteiger partial charge in [-0.2, -0.15) is 0 Å². The summed E-state index contributed by atoms with van der Waals surface area (Å²) in [7, 11) is 0. The van der Waals surface area contributed by atoms with Crippen molar-refractivity contribution in [3.63, 3.8) is 0 Å². The van der Waals surface area contributed by atoms with E-state index in [4.69, 9.17) is 4.74 Å². The van der Waals surface area contributed by atoms with Crippen molar-refractivity contribution in [1.29, 1.82) is 0 Å². The zero-order valence-electron chi connectivity index (χ0n) is 15.6. The summed E-state index contributed by atoms with van der Waals surface area (Å²) in [6, 6.07) is 14.8. The average molecular weight is 377 g/mol. The fourth-order valence-corrected chi connectivity index (χ4v) is 3.48. The summed E-state index contributed by atoms with van der Waals surface area (Å²) < 4.78 is 5.41. The smallest absolute Gasteiger partial charge is 0.258 e. The quantitative estimate of drug-likeness (QED) is 0.671. The number of carbonyl (C=O) groups is 2. The van der Waals surface area contributed by atoms with E-state index in [1.54, 1.807) is 24.3 Å². The molecule has 3 aromatic rings. The molecule has 6 nitrogen and oxygen atoms in total. The van der Waals surface area contributed by atoms with E-state index in [1.165, 1.54) is 0 Å². The molecule has 1 amide bonds. The largest absolute Gasteiger partial charge is 0.379 e. The van der Waals surface area contributed by atoms with Crippen LogP contribution in [0.2, 0.25) is 0 Å². The van der Waals surface area contributed by atoms with Crippen LogP contribution in [0.25, 0.3) is 10.9 Å². The first kappa shape index (κ1) is 18.4. The third kappa shape index (κ3) is 3.98. The molecule has 1 aliphatic rings. The number of benzene rings is 2. The van der Waals surface area contributed by atoms with E-state index in [9.17, 15) is 9.59 Å². The molecule has 0 aliphatic carbocycles. The molecule has 1 N–H and O–H groups in total. The van der Waals surface area contributed by atoms with Crippen LogP contribution in [-0.4, -0.2) is 61.5 Å². The maximum absolute atomic E-state index is 13.3. The Bertz CT molecular complexity index is 959. The molecule has 0 radical (unpaired) electrons. The number of rotatable bonds is 6. The SMILES string of the molecule is O=Cc1ccc(C(=O)N(CCN2CCOCC2)c2ccc3[nH]ccc3c2)cc1. The number of aromatic amines is 1. The Labute approximate surface area is 163 Å². The number of hydrogen-bond donors (Lipinski definition) is 1. The van der Waals surface area contributed by atoms with Crippen LogP contribution in [0.1, 0.15) is 20.7 Å². The summed E-state index contributed by atoms with van der Waals surface area (Å²) in [6.45, 7) is 4.60. The molecular weight excluding hydrogens is 354 g/mol. The number of morpholine rings is 1. The number of fused-ring (bicyclic) bond motifs is 1. The first-order valence-corrected chi connectivity index (χ1v) is 9.49. The van der Waals surface area contributed by atoms with Gasteiger partial charge in [-0.1, -0.05) is 12.1 Å². The van der Waals surface area contributed by atoms with Gasteiger partial charge in [0.1, 0.15) is 6.29 Å². The monoisotopic (exact) mass is 377 g/mol. The number of amides is 1. The van der Waals surface area contributed by atoms with Crippen molar-refractivity contribution in [2.75, 3.05) is 44.3 Å². The Kier molecular flexibility index (Phi) is 5.50. The number of hydrogen-bond acceptors (Lipinski definition) is 4. The van der Waals surface area contributed by atoms with Gasteiger partial charge in [-0.3, -0.25) is 14.5 Å². The van der Waals surface area contributed by atoms with Gasteiger partial charge in [0, 0.05) is 60.1 Å². The van der Waals surface area contributed by atoms with Crippen LogP contribution in [0.15, 0.2) is 54.7 Å². The molecular formula is C22H23N3O3. The van der Waals surface area contributed by atoms with Gasteiger partial charge in [-0.25, -0.2) is 0 Å². The lowest BCUT2D eigenvalue weighted by molar-refractivity contribution is 0.0391. The van der Waals surface area contributed by atoms with Gasteiger partial charge in [-0.05, 0) is 36.4 Å². The zero-order valence-corrected chi connectivity index (χ0v) is 15.6. The molecule has 1 saturated heterocycles. The van der Waals surface area contributed by atoms with Crippen LogP contribution in [0.4, 0.5) is 5.69 Å². The summed E-state index contributed by atoms with van der Waals surface area (Å²) in [5.41, 5.74) is 3.04. The molecule has 28 heavy (non-hydrogen) atoms. The molecule has 0 spiro atoms. The summed E-state index contributed by atoms with van der Waals surface area (Å²) >= 11 is 0. The molecule has 6 heteroatoms. The number of aromatic nitrogens is 1. The summed E-state index contributed by atoms with van der Waals surface area (Å²) in [6.07, 6.45) is 2.68. The van der Waals surface area contributed by atoms with Crippen molar-refractivity contribution in [3.8, 4) is 0 Å². The highest BCUT2D eigenvalue weighted by molar-refractivity contribution is 6.07.